The van der Waals surface area contributed by atoms with Gasteiger partial charge in [-0.05, 0) is 68.0 Å². The maximum Gasteiger partial charge on any atom is 0.119 e. The second-order valence-electron chi connectivity index (χ2n) is 7.24. The fourth-order valence-electron chi connectivity index (χ4n) is 3.09. The predicted octanol–water partition coefficient (Wildman–Crippen LogP) is 7.17. The van der Waals surface area contributed by atoms with Gasteiger partial charge in [0.1, 0.15) is 5.75 Å². The Labute approximate surface area is 164 Å². The third kappa shape index (κ3) is 8.11. The van der Waals surface area contributed by atoms with Crippen molar-refractivity contribution < 1.29 is 9.13 Å². The summed E-state index contributed by atoms with van der Waals surface area (Å²) < 4.78 is 19.1. The quantitative estimate of drug-likeness (QED) is 0.348. The summed E-state index contributed by atoms with van der Waals surface area (Å²) in [5.74, 6) is 0.919. The van der Waals surface area contributed by atoms with E-state index in [4.69, 9.17) is 4.74 Å². The van der Waals surface area contributed by atoms with E-state index in [1.165, 1.54) is 31.2 Å². The van der Waals surface area contributed by atoms with E-state index in [1.807, 2.05) is 31.3 Å². The average molecular weight is 372 g/mol. The minimum atomic E-state index is -0.672. The van der Waals surface area contributed by atoms with Gasteiger partial charge in [0, 0.05) is 11.8 Å². The summed E-state index contributed by atoms with van der Waals surface area (Å²) in [7, 11) is 0. The number of aromatic nitrogens is 1. The first-order valence-electron chi connectivity index (χ1n) is 10.5. The van der Waals surface area contributed by atoms with Crippen molar-refractivity contribution >= 4 is 0 Å². The molecule has 0 N–H and O–H groups in total. The predicted molar refractivity (Wildman–Crippen MR) is 112 cm³/mol. The van der Waals surface area contributed by atoms with Crippen LogP contribution < -0.4 is 4.74 Å². The summed E-state index contributed by atoms with van der Waals surface area (Å²) in [5, 5.41) is 0. The number of benzene rings is 1. The number of hydrogen-bond donors (Lipinski definition) is 0. The molecule has 0 bridgehead atoms. The highest BCUT2D eigenvalue weighted by atomic mass is 19.1. The number of rotatable bonds is 13. The van der Waals surface area contributed by atoms with Gasteiger partial charge in [-0.2, -0.15) is 0 Å². The highest BCUT2D eigenvalue weighted by Gasteiger charge is 2.04. The Morgan fingerprint density at radius 2 is 1.70 bits per heavy atom. The number of hydrogen-bond acceptors (Lipinski definition) is 2. The zero-order valence-electron chi connectivity index (χ0n) is 16.9. The molecule has 1 unspecified atom stereocenters. The van der Waals surface area contributed by atoms with Gasteiger partial charge in [-0.1, -0.05) is 45.6 Å². The first-order valence-corrected chi connectivity index (χ1v) is 10.5. The van der Waals surface area contributed by atoms with Crippen LogP contribution in [-0.2, 0) is 6.42 Å². The number of alkyl halides is 1. The van der Waals surface area contributed by atoms with Crippen molar-refractivity contribution in [3.63, 3.8) is 0 Å². The fraction of sp³-hybridized carbons (Fsp3) is 0.542. The third-order valence-corrected chi connectivity index (χ3v) is 4.92. The minimum Gasteiger partial charge on any atom is -0.494 e. The van der Waals surface area contributed by atoms with E-state index < -0.39 is 6.17 Å². The summed E-state index contributed by atoms with van der Waals surface area (Å²) in [5.41, 5.74) is 3.22. The van der Waals surface area contributed by atoms with E-state index in [1.54, 1.807) is 0 Å². The molecule has 1 atom stereocenters. The maximum absolute atomic E-state index is 13.3. The molecule has 3 heteroatoms. The van der Waals surface area contributed by atoms with E-state index in [0.717, 1.165) is 42.9 Å². The van der Waals surface area contributed by atoms with Crippen molar-refractivity contribution in [1.29, 1.82) is 0 Å². The maximum atomic E-state index is 13.3. The van der Waals surface area contributed by atoms with Crippen LogP contribution in [0.4, 0.5) is 4.39 Å². The summed E-state index contributed by atoms with van der Waals surface area (Å²) >= 11 is 0. The van der Waals surface area contributed by atoms with E-state index >= 15 is 0 Å². The molecule has 0 radical (unpaired) electrons. The van der Waals surface area contributed by atoms with Crippen LogP contribution in [0.25, 0.3) is 11.3 Å². The minimum absolute atomic E-state index is 0.607. The Kier molecular flexibility index (Phi) is 9.89. The normalized spacial score (nSPS) is 12.1. The van der Waals surface area contributed by atoms with Gasteiger partial charge in [0.15, 0.2) is 0 Å². The van der Waals surface area contributed by atoms with Crippen LogP contribution in [0.15, 0.2) is 42.6 Å². The Morgan fingerprint density at radius 3 is 2.37 bits per heavy atom. The lowest BCUT2D eigenvalue weighted by Gasteiger charge is -2.08. The molecule has 0 fully saturated rings. The Balaban J connectivity index is 1.77. The lowest BCUT2D eigenvalue weighted by molar-refractivity contribution is 0.300. The monoisotopic (exact) mass is 371 g/mol. The van der Waals surface area contributed by atoms with Crippen molar-refractivity contribution in [2.45, 2.75) is 77.8 Å². The van der Waals surface area contributed by atoms with Gasteiger partial charge in [-0.25, -0.2) is 4.39 Å². The molecule has 27 heavy (non-hydrogen) atoms. The zero-order valence-corrected chi connectivity index (χ0v) is 16.9. The summed E-state index contributed by atoms with van der Waals surface area (Å²) in [4.78, 5) is 4.57. The molecule has 1 heterocycles. The molecule has 0 aliphatic heterocycles. The molecule has 148 valence electrons. The standard InChI is InChI=1S/C24H34FNO/c1-3-5-6-7-8-18-27-23-15-13-21(14-16-23)24-17-12-20(19-26-24)10-9-11-22(25)4-2/h12-17,19,22H,3-11,18H2,1-2H3. The van der Waals surface area contributed by atoms with Crippen molar-refractivity contribution in [3.05, 3.63) is 48.2 Å². The second kappa shape index (κ2) is 12.5. The topological polar surface area (TPSA) is 22.1 Å². The Bertz CT molecular complexity index is 624. The lowest BCUT2D eigenvalue weighted by atomic mass is 10.1. The average Bonchev–Trinajstić information content (AvgIpc) is 2.71. The van der Waals surface area contributed by atoms with E-state index in [9.17, 15) is 4.39 Å². The number of aryl methyl sites for hydroxylation is 1. The zero-order chi connectivity index (χ0) is 19.3. The molecule has 0 aliphatic carbocycles. The van der Waals surface area contributed by atoms with Crippen molar-refractivity contribution in [2.24, 2.45) is 0 Å². The van der Waals surface area contributed by atoms with Crippen LogP contribution in [0.3, 0.4) is 0 Å². The van der Waals surface area contributed by atoms with E-state index in [2.05, 4.69) is 30.1 Å². The summed E-state index contributed by atoms with van der Waals surface area (Å²) in [6, 6.07) is 12.3. The lowest BCUT2D eigenvalue weighted by Crippen LogP contribution is -1.98. The largest absolute Gasteiger partial charge is 0.494 e. The Morgan fingerprint density at radius 1 is 0.926 bits per heavy atom. The number of nitrogens with zero attached hydrogens (tertiary/aromatic N) is 1. The number of unbranched alkanes of at least 4 members (excludes halogenated alkanes) is 4. The van der Waals surface area contributed by atoms with Crippen LogP contribution >= 0.6 is 0 Å². The summed E-state index contributed by atoms with van der Waals surface area (Å²) in [6.45, 7) is 4.91. The number of pyridine rings is 1. The number of ether oxygens (including phenoxy) is 1. The van der Waals surface area contributed by atoms with Gasteiger partial charge in [-0.3, -0.25) is 4.98 Å². The van der Waals surface area contributed by atoms with Crippen LogP contribution in [0, 0.1) is 0 Å². The van der Waals surface area contributed by atoms with Crippen LogP contribution in [0.2, 0.25) is 0 Å². The highest BCUT2D eigenvalue weighted by Crippen LogP contribution is 2.21. The molecule has 1 aromatic carbocycles. The summed E-state index contributed by atoms with van der Waals surface area (Å²) in [6.07, 6.45) is 10.5. The SMILES string of the molecule is CCCCCCCOc1ccc(-c2ccc(CCCC(F)CC)cn2)cc1. The van der Waals surface area contributed by atoms with Gasteiger partial charge in [0.05, 0.1) is 18.5 Å². The van der Waals surface area contributed by atoms with E-state index in [0.29, 0.717) is 12.8 Å². The van der Waals surface area contributed by atoms with Crippen LogP contribution in [-0.4, -0.2) is 17.8 Å². The van der Waals surface area contributed by atoms with Crippen molar-refractivity contribution in [1.82, 2.24) is 4.98 Å². The van der Waals surface area contributed by atoms with E-state index in [-0.39, 0.29) is 0 Å². The Hall–Kier alpha value is -1.90. The van der Waals surface area contributed by atoms with Gasteiger partial charge < -0.3 is 4.74 Å². The third-order valence-electron chi connectivity index (χ3n) is 4.92. The highest BCUT2D eigenvalue weighted by molar-refractivity contribution is 5.60. The van der Waals surface area contributed by atoms with Gasteiger partial charge in [-0.15, -0.1) is 0 Å². The van der Waals surface area contributed by atoms with Gasteiger partial charge in [0.2, 0.25) is 0 Å². The molecule has 2 aromatic rings. The molecular weight excluding hydrogens is 337 g/mol. The fourth-order valence-corrected chi connectivity index (χ4v) is 3.09. The smallest absolute Gasteiger partial charge is 0.119 e. The molecule has 0 aliphatic rings. The molecule has 0 spiro atoms. The molecular formula is C24H34FNO. The first-order chi connectivity index (χ1) is 13.2. The van der Waals surface area contributed by atoms with Gasteiger partial charge >= 0.3 is 0 Å². The molecule has 2 nitrogen and oxygen atoms in total. The van der Waals surface area contributed by atoms with Crippen molar-refractivity contribution in [3.8, 4) is 17.0 Å². The van der Waals surface area contributed by atoms with Crippen LogP contribution in [0.1, 0.15) is 70.8 Å². The van der Waals surface area contributed by atoms with Gasteiger partial charge in [0.25, 0.3) is 0 Å². The molecule has 0 saturated heterocycles. The number of halogens is 1. The molecule has 0 saturated carbocycles. The van der Waals surface area contributed by atoms with Crippen molar-refractivity contribution in [2.75, 3.05) is 6.61 Å². The molecule has 0 amide bonds. The van der Waals surface area contributed by atoms with Crippen LogP contribution in [0.5, 0.6) is 5.75 Å². The first kappa shape index (κ1) is 21.4. The second-order valence-corrected chi connectivity index (χ2v) is 7.24. The molecule has 1 aromatic heterocycles. The molecule has 2 rings (SSSR count).